The third-order valence-electron chi connectivity index (χ3n) is 3.00. The van der Waals surface area contributed by atoms with E-state index in [0.717, 1.165) is 12.1 Å². The highest BCUT2D eigenvalue weighted by molar-refractivity contribution is 6.31. The fraction of sp³-hybridized carbons (Fsp3) is 0.200. The Hall–Kier alpha value is -1.52. The van der Waals surface area contributed by atoms with Crippen molar-refractivity contribution in [2.24, 2.45) is 0 Å². The zero-order valence-electron chi connectivity index (χ0n) is 10.4. The van der Waals surface area contributed by atoms with E-state index >= 15 is 0 Å². The van der Waals surface area contributed by atoms with E-state index in [-0.39, 0.29) is 29.0 Å². The number of benzene rings is 2. The Morgan fingerprint density at radius 1 is 0.850 bits per heavy atom. The largest absolute Gasteiger partial charge is 0.392 e. The zero-order valence-corrected chi connectivity index (χ0v) is 11.2. The Morgan fingerprint density at radius 3 is 1.85 bits per heavy atom. The van der Waals surface area contributed by atoms with E-state index in [1.165, 1.54) is 24.3 Å². The molecule has 0 saturated heterocycles. The molecule has 0 fully saturated rings. The molecule has 0 aliphatic carbocycles. The quantitative estimate of drug-likeness (QED) is 0.908. The SMILES string of the molecule is OC(Cc1c(F)cccc1F)Cc1c(F)cccc1Cl. The molecular weight excluding hydrogens is 289 g/mol. The summed E-state index contributed by atoms with van der Waals surface area (Å²) in [5, 5.41) is 10.1. The van der Waals surface area contributed by atoms with Crippen molar-refractivity contribution < 1.29 is 18.3 Å². The maximum Gasteiger partial charge on any atom is 0.129 e. The van der Waals surface area contributed by atoms with Crippen molar-refractivity contribution in [3.8, 4) is 0 Å². The van der Waals surface area contributed by atoms with Crippen LogP contribution in [-0.2, 0) is 12.8 Å². The van der Waals surface area contributed by atoms with Gasteiger partial charge < -0.3 is 5.11 Å². The van der Waals surface area contributed by atoms with E-state index in [0.29, 0.717) is 0 Å². The number of rotatable bonds is 4. The van der Waals surface area contributed by atoms with E-state index in [2.05, 4.69) is 0 Å². The van der Waals surface area contributed by atoms with Gasteiger partial charge in [0.25, 0.3) is 0 Å². The van der Waals surface area contributed by atoms with Gasteiger partial charge in [-0.1, -0.05) is 23.7 Å². The fourth-order valence-electron chi connectivity index (χ4n) is 2.00. The highest BCUT2D eigenvalue weighted by Crippen LogP contribution is 2.22. The predicted molar refractivity (Wildman–Crippen MR) is 71.2 cm³/mol. The molecular formula is C15H12ClF3O. The fourth-order valence-corrected chi connectivity index (χ4v) is 2.24. The molecule has 5 heteroatoms. The molecule has 1 unspecified atom stereocenters. The average molecular weight is 301 g/mol. The van der Waals surface area contributed by atoms with Crippen molar-refractivity contribution in [1.82, 2.24) is 0 Å². The Bertz CT molecular complexity index is 522. The summed E-state index contributed by atoms with van der Waals surface area (Å²) in [5.41, 5.74) is -0.0779. The van der Waals surface area contributed by atoms with Crippen molar-refractivity contribution >= 4 is 11.6 Å². The van der Waals surface area contributed by atoms with Crippen LogP contribution in [0, 0.1) is 17.5 Å². The molecule has 0 aliphatic rings. The standard InChI is InChI=1S/C15H12ClF3O/c16-12-3-1-4-13(17)10(12)7-9(20)8-11-14(18)5-2-6-15(11)19/h1-6,9,20H,7-8H2. The second-order valence-corrected chi connectivity index (χ2v) is 4.87. The molecule has 0 aliphatic heterocycles. The number of aliphatic hydroxyl groups excluding tert-OH is 1. The molecule has 0 bridgehead atoms. The van der Waals surface area contributed by atoms with E-state index in [9.17, 15) is 18.3 Å². The minimum atomic E-state index is -1.13. The van der Waals surface area contributed by atoms with Gasteiger partial charge in [0.05, 0.1) is 6.10 Å². The van der Waals surface area contributed by atoms with Crippen LogP contribution in [0.25, 0.3) is 0 Å². The average Bonchev–Trinajstić information content (AvgIpc) is 2.39. The molecule has 0 saturated carbocycles. The summed E-state index contributed by atoms with van der Waals surface area (Å²) in [5.74, 6) is -2.02. The highest BCUT2D eigenvalue weighted by atomic mass is 35.5. The minimum absolute atomic E-state index is 0.112. The van der Waals surface area contributed by atoms with Crippen LogP contribution in [0.1, 0.15) is 11.1 Å². The maximum absolute atomic E-state index is 13.6. The Labute approximate surface area is 119 Å². The third kappa shape index (κ3) is 3.32. The third-order valence-corrected chi connectivity index (χ3v) is 3.36. The second kappa shape index (κ2) is 6.29. The Morgan fingerprint density at radius 2 is 1.30 bits per heavy atom. The molecule has 1 N–H and O–H groups in total. The van der Waals surface area contributed by atoms with Crippen molar-refractivity contribution in [3.63, 3.8) is 0 Å². The molecule has 2 aromatic rings. The van der Waals surface area contributed by atoms with Gasteiger partial charge in [-0.3, -0.25) is 0 Å². The molecule has 0 amide bonds. The van der Waals surface area contributed by atoms with Crippen molar-refractivity contribution in [1.29, 1.82) is 0 Å². The first kappa shape index (κ1) is 14.9. The van der Waals surface area contributed by atoms with Crippen LogP contribution in [0.4, 0.5) is 13.2 Å². The monoisotopic (exact) mass is 300 g/mol. The molecule has 1 atom stereocenters. The van der Waals surface area contributed by atoms with E-state index < -0.39 is 23.6 Å². The molecule has 106 valence electrons. The van der Waals surface area contributed by atoms with Gasteiger partial charge >= 0.3 is 0 Å². The van der Waals surface area contributed by atoms with E-state index in [1.807, 2.05) is 0 Å². The number of aliphatic hydroxyl groups is 1. The van der Waals surface area contributed by atoms with Crippen LogP contribution in [-0.4, -0.2) is 11.2 Å². The van der Waals surface area contributed by atoms with Gasteiger partial charge in [0.2, 0.25) is 0 Å². The predicted octanol–water partition coefficient (Wildman–Crippen LogP) is 3.90. The summed E-state index contributed by atoms with van der Waals surface area (Å²) in [6, 6.07) is 7.63. The topological polar surface area (TPSA) is 20.2 Å². The van der Waals surface area contributed by atoms with Gasteiger partial charge in [-0.25, -0.2) is 13.2 Å². The lowest BCUT2D eigenvalue weighted by Crippen LogP contribution is -2.17. The highest BCUT2D eigenvalue weighted by Gasteiger charge is 2.17. The van der Waals surface area contributed by atoms with Gasteiger partial charge in [0, 0.05) is 29.0 Å². The zero-order chi connectivity index (χ0) is 14.7. The Balaban J connectivity index is 2.15. The molecule has 0 radical (unpaired) electrons. The van der Waals surface area contributed by atoms with Gasteiger partial charge in [0.15, 0.2) is 0 Å². The molecule has 1 nitrogen and oxygen atoms in total. The number of hydrogen-bond acceptors (Lipinski definition) is 1. The van der Waals surface area contributed by atoms with Crippen LogP contribution in [0.5, 0.6) is 0 Å². The summed E-state index contributed by atoms with van der Waals surface area (Å²) in [4.78, 5) is 0. The van der Waals surface area contributed by atoms with Gasteiger partial charge in [-0.05, 0) is 24.3 Å². The van der Waals surface area contributed by atoms with Crippen LogP contribution >= 0.6 is 11.6 Å². The number of halogens is 4. The lowest BCUT2D eigenvalue weighted by atomic mass is 10.00. The summed E-state index contributed by atoms with van der Waals surface area (Å²) in [6.45, 7) is 0. The summed E-state index contributed by atoms with van der Waals surface area (Å²) < 4.78 is 40.5. The smallest absolute Gasteiger partial charge is 0.129 e. The lowest BCUT2D eigenvalue weighted by molar-refractivity contribution is 0.171. The van der Waals surface area contributed by atoms with Crippen LogP contribution in [0.3, 0.4) is 0 Å². The summed E-state index contributed by atoms with van der Waals surface area (Å²) in [6.07, 6.45) is -1.49. The van der Waals surface area contributed by atoms with E-state index in [4.69, 9.17) is 11.6 Å². The molecule has 0 aromatic heterocycles. The molecule has 0 heterocycles. The summed E-state index contributed by atoms with van der Waals surface area (Å²) in [7, 11) is 0. The van der Waals surface area contributed by atoms with Gasteiger partial charge in [-0.2, -0.15) is 0 Å². The minimum Gasteiger partial charge on any atom is -0.392 e. The number of hydrogen-bond donors (Lipinski definition) is 1. The van der Waals surface area contributed by atoms with Crippen molar-refractivity contribution in [2.45, 2.75) is 18.9 Å². The first-order valence-electron chi connectivity index (χ1n) is 6.03. The van der Waals surface area contributed by atoms with Gasteiger partial charge in [0.1, 0.15) is 17.5 Å². The molecule has 2 aromatic carbocycles. The van der Waals surface area contributed by atoms with E-state index in [1.54, 1.807) is 0 Å². The molecule has 2 rings (SSSR count). The van der Waals surface area contributed by atoms with Crippen molar-refractivity contribution in [3.05, 3.63) is 70.0 Å². The Kier molecular flexibility index (Phi) is 4.68. The molecule has 20 heavy (non-hydrogen) atoms. The first-order valence-corrected chi connectivity index (χ1v) is 6.40. The first-order chi connectivity index (χ1) is 9.49. The van der Waals surface area contributed by atoms with Crippen LogP contribution in [0.2, 0.25) is 5.02 Å². The van der Waals surface area contributed by atoms with Crippen LogP contribution in [0.15, 0.2) is 36.4 Å². The van der Waals surface area contributed by atoms with Crippen LogP contribution < -0.4 is 0 Å². The normalized spacial score (nSPS) is 12.4. The maximum atomic E-state index is 13.6. The van der Waals surface area contributed by atoms with Gasteiger partial charge in [-0.15, -0.1) is 0 Å². The lowest BCUT2D eigenvalue weighted by Gasteiger charge is -2.13. The van der Waals surface area contributed by atoms with Crippen molar-refractivity contribution in [2.75, 3.05) is 0 Å². The summed E-state index contributed by atoms with van der Waals surface area (Å²) >= 11 is 5.84. The second-order valence-electron chi connectivity index (χ2n) is 4.46. The molecule has 0 spiro atoms.